The van der Waals surface area contributed by atoms with Crippen LogP contribution in [-0.2, 0) is 14.7 Å². The summed E-state index contributed by atoms with van der Waals surface area (Å²) in [6.45, 7) is 13.0. The summed E-state index contributed by atoms with van der Waals surface area (Å²) in [6.07, 6.45) is 0. The highest BCUT2D eigenvalue weighted by Crippen LogP contribution is 2.51. The molecule has 1 aliphatic heterocycles. The summed E-state index contributed by atoms with van der Waals surface area (Å²) >= 11 is 6.77. The number of hydrogen-bond acceptors (Lipinski definition) is 2. The first-order valence-corrected chi connectivity index (χ1v) is 13.7. The van der Waals surface area contributed by atoms with Crippen LogP contribution in [0.4, 0.5) is 0 Å². The van der Waals surface area contributed by atoms with Crippen LogP contribution in [-0.4, -0.2) is 22.9 Å². The number of fused-ring (bicyclic) bond motifs is 6. The minimum Gasteiger partial charge on any atom is -0.399 e. The highest BCUT2D eigenvalue weighted by atomic mass is 35.5. The molecule has 1 saturated heterocycles. The van der Waals surface area contributed by atoms with E-state index in [0.29, 0.717) is 5.02 Å². The van der Waals surface area contributed by atoms with E-state index in [4.69, 9.17) is 20.9 Å². The van der Waals surface area contributed by atoms with Crippen molar-refractivity contribution in [3.8, 4) is 16.8 Å². The first-order chi connectivity index (χ1) is 18.0. The van der Waals surface area contributed by atoms with Gasteiger partial charge in [0.05, 0.1) is 22.2 Å². The Kier molecular flexibility index (Phi) is 4.90. The summed E-state index contributed by atoms with van der Waals surface area (Å²) < 4.78 is 15.1. The van der Waals surface area contributed by atoms with Crippen LogP contribution < -0.4 is 5.46 Å². The van der Waals surface area contributed by atoms with E-state index in [0.717, 1.165) is 16.7 Å². The molecule has 0 unspecified atom stereocenters. The maximum absolute atomic E-state index is 6.77. The fraction of sp³-hybridized carbons (Fsp3) is 0.273. The monoisotopic (exact) mass is 519 g/mol. The largest absolute Gasteiger partial charge is 0.494 e. The molecule has 0 N–H and O–H groups in total. The van der Waals surface area contributed by atoms with Crippen LogP contribution in [0.15, 0.2) is 78.9 Å². The van der Waals surface area contributed by atoms with Crippen LogP contribution in [0.5, 0.6) is 0 Å². The van der Waals surface area contributed by atoms with Gasteiger partial charge in [0.15, 0.2) is 0 Å². The molecule has 1 fully saturated rings. The lowest BCUT2D eigenvalue weighted by atomic mass is 9.79. The van der Waals surface area contributed by atoms with Gasteiger partial charge in [-0.05, 0) is 91.8 Å². The van der Waals surface area contributed by atoms with E-state index >= 15 is 0 Å². The Bertz CT molecular complexity index is 1770. The second kappa shape index (κ2) is 7.76. The number of aromatic nitrogens is 1. The molecule has 2 aliphatic rings. The van der Waals surface area contributed by atoms with E-state index in [1.807, 2.05) is 12.1 Å². The normalized spacial score (nSPS) is 18.8. The van der Waals surface area contributed by atoms with Crippen molar-refractivity contribution in [2.75, 3.05) is 0 Å². The molecule has 1 aromatic heterocycles. The van der Waals surface area contributed by atoms with Crippen LogP contribution in [0.2, 0.25) is 5.02 Å². The third-order valence-corrected chi connectivity index (χ3v) is 9.28. The van der Waals surface area contributed by atoms with Gasteiger partial charge in [-0.3, -0.25) is 0 Å². The minimum atomic E-state index is -0.483. The van der Waals surface area contributed by atoms with Crippen molar-refractivity contribution < 1.29 is 9.31 Å². The van der Waals surface area contributed by atoms with Crippen molar-refractivity contribution in [3.63, 3.8) is 0 Å². The Morgan fingerprint density at radius 1 is 0.658 bits per heavy atom. The summed E-state index contributed by atoms with van der Waals surface area (Å²) in [5.41, 5.74) is 8.71. The molecule has 38 heavy (non-hydrogen) atoms. The number of nitrogens with zero attached hydrogens (tertiary/aromatic N) is 1. The average molecular weight is 520 g/mol. The van der Waals surface area contributed by atoms with E-state index in [1.54, 1.807) is 0 Å². The summed E-state index contributed by atoms with van der Waals surface area (Å²) in [5, 5.41) is 3.13. The van der Waals surface area contributed by atoms with E-state index in [9.17, 15) is 0 Å². The van der Waals surface area contributed by atoms with Gasteiger partial charge in [-0.15, -0.1) is 0 Å². The highest BCUT2D eigenvalue weighted by molar-refractivity contribution is 6.62. The summed E-state index contributed by atoms with van der Waals surface area (Å²) in [6, 6.07) is 28.3. The predicted molar refractivity (Wildman–Crippen MR) is 159 cm³/mol. The molecule has 3 nitrogen and oxygen atoms in total. The Hall–Kier alpha value is -3.05. The van der Waals surface area contributed by atoms with E-state index < -0.39 is 18.3 Å². The van der Waals surface area contributed by atoms with Gasteiger partial charge >= 0.3 is 7.12 Å². The molecule has 0 amide bonds. The van der Waals surface area contributed by atoms with Crippen LogP contribution >= 0.6 is 11.6 Å². The number of rotatable bonds is 2. The molecule has 7 rings (SSSR count). The molecule has 0 bridgehead atoms. The molecule has 0 atom stereocenters. The van der Waals surface area contributed by atoms with Crippen molar-refractivity contribution in [1.82, 2.24) is 4.57 Å². The molecule has 5 aromatic rings. The van der Waals surface area contributed by atoms with Gasteiger partial charge < -0.3 is 13.9 Å². The van der Waals surface area contributed by atoms with Crippen LogP contribution in [0.3, 0.4) is 0 Å². The lowest BCUT2D eigenvalue weighted by Gasteiger charge is -2.32. The zero-order chi connectivity index (χ0) is 26.6. The van der Waals surface area contributed by atoms with Gasteiger partial charge in [0.25, 0.3) is 0 Å². The molecule has 0 saturated carbocycles. The third kappa shape index (κ3) is 3.24. The maximum Gasteiger partial charge on any atom is 0.494 e. The van der Waals surface area contributed by atoms with Crippen LogP contribution in [0.1, 0.15) is 52.7 Å². The van der Waals surface area contributed by atoms with Crippen molar-refractivity contribution in [3.05, 3.63) is 95.0 Å². The molecule has 1 aliphatic carbocycles. The van der Waals surface area contributed by atoms with Crippen LogP contribution in [0.25, 0.3) is 38.6 Å². The van der Waals surface area contributed by atoms with Crippen molar-refractivity contribution in [2.45, 2.75) is 58.2 Å². The van der Waals surface area contributed by atoms with Crippen molar-refractivity contribution >= 4 is 46.0 Å². The quantitative estimate of drug-likeness (QED) is 0.220. The summed E-state index contributed by atoms with van der Waals surface area (Å²) in [5.74, 6) is 0. The fourth-order valence-electron chi connectivity index (χ4n) is 6.28. The Morgan fingerprint density at radius 2 is 1.34 bits per heavy atom. The second-order valence-electron chi connectivity index (χ2n) is 12.3. The average Bonchev–Trinajstić information content (AvgIpc) is 3.40. The molecular formula is C33H31BClNO2. The van der Waals surface area contributed by atoms with Gasteiger partial charge in [0.2, 0.25) is 0 Å². The molecule has 5 heteroatoms. The summed E-state index contributed by atoms with van der Waals surface area (Å²) in [4.78, 5) is 0. The number of para-hydroxylation sites is 1. The standard InChI is InChI=1S/C33H31BClNO2/c1-31(2)27-13-9-7-11-23(27)25-18-26-24-12-8-10-14-29(24)36(30(26)19-28(25)31)22-16-20(15-21(35)17-22)34-37-32(3,4)33(5,6)38-34/h7-19H,1-6H3. The first kappa shape index (κ1) is 24.0. The lowest BCUT2D eigenvalue weighted by Crippen LogP contribution is -2.41. The molecule has 0 radical (unpaired) electrons. The second-order valence-corrected chi connectivity index (χ2v) is 12.7. The fourth-order valence-corrected chi connectivity index (χ4v) is 6.52. The predicted octanol–water partition coefficient (Wildman–Crippen LogP) is 8.04. The molecular weight excluding hydrogens is 489 g/mol. The third-order valence-electron chi connectivity index (χ3n) is 9.06. The molecule has 4 aromatic carbocycles. The van der Waals surface area contributed by atoms with Gasteiger partial charge in [0, 0.05) is 26.9 Å². The SMILES string of the molecule is CC1(C)c2ccccc2-c2cc3c4ccccc4n(-c4cc(Cl)cc(B5OC(C)(C)C(C)(C)O5)c4)c3cc21. The summed E-state index contributed by atoms with van der Waals surface area (Å²) in [7, 11) is -0.483. The zero-order valence-corrected chi connectivity index (χ0v) is 23.5. The Labute approximate surface area is 229 Å². The first-order valence-electron chi connectivity index (χ1n) is 13.3. The van der Waals surface area contributed by atoms with Crippen molar-refractivity contribution in [1.29, 1.82) is 0 Å². The number of hydrogen-bond donors (Lipinski definition) is 0. The van der Waals surface area contributed by atoms with E-state index in [1.165, 1.54) is 38.5 Å². The van der Waals surface area contributed by atoms with Gasteiger partial charge in [0.1, 0.15) is 0 Å². The lowest BCUT2D eigenvalue weighted by molar-refractivity contribution is 0.00578. The highest BCUT2D eigenvalue weighted by Gasteiger charge is 2.51. The number of halogens is 1. The van der Waals surface area contributed by atoms with Gasteiger partial charge in [-0.1, -0.05) is 67.9 Å². The number of benzene rings is 4. The Morgan fingerprint density at radius 3 is 2.11 bits per heavy atom. The Balaban J connectivity index is 1.48. The van der Waals surface area contributed by atoms with Gasteiger partial charge in [-0.25, -0.2) is 0 Å². The minimum absolute atomic E-state index is 0.0798. The van der Waals surface area contributed by atoms with E-state index in [2.05, 4.69) is 113 Å². The zero-order valence-electron chi connectivity index (χ0n) is 22.7. The van der Waals surface area contributed by atoms with Gasteiger partial charge in [-0.2, -0.15) is 0 Å². The molecule has 0 spiro atoms. The topological polar surface area (TPSA) is 23.4 Å². The van der Waals surface area contributed by atoms with Crippen molar-refractivity contribution in [2.24, 2.45) is 0 Å². The van der Waals surface area contributed by atoms with E-state index in [-0.39, 0.29) is 5.41 Å². The molecule has 2 heterocycles. The molecule has 190 valence electrons. The van der Waals surface area contributed by atoms with Crippen LogP contribution in [0, 0.1) is 0 Å². The maximum atomic E-state index is 6.77. The smallest absolute Gasteiger partial charge is 0.399 e.